The fraction of sp³-hybridized carbons (Fsp3) is 0.400. The van der Waals surface area contributed by atoms with Gasteiger partial charge in [-0.3, -0.25) is 9.69 Å². The molecular formula is C15H18FNO. The predicted molar refractivity (Wildman–Crippen MR) is 71.1 cm³/mol. The first-order chi connectivity index (χ1) is 8.76. The minimum atomic E-state index is -0.434. The molecule has 0 aliphatic carbocycles. The van der Waals surface area contributed by atoms with E-state index in [-0.39, 0.29) is 5.56 Å². The smallest absolute Gasteiger partial charge is 0.153 e. The zero-order valence-electron chi connectivity index (χ0n) is 10.7. The van der Waals surface area contributed by atoms with E-state index in [0.29, 0.717) is 6.29 Å². The largest absolute Gasteiger partial charge is 0.299 e. The van der Waals surface area contributed by atoms with Gasteiger partial charge >= 0.3 is 0 Å². The van der Waals surface area contributed by atoms with Gasteiger partial charge in [-0.25, -0.2) is 4.39 Å². The van der Waals surface area contributed by atoms with E-state index in [4.69, 9.17) is 0 Å². The van der Waals surface area contributed by atoms with Gasteiger partial charge in [0.1, 0.15) is 5.82 Å². The van der Waals surface area contributed by atoms with Gasteiger partial charge in [0.2, 0.25) is 0 Å². The Balaban J connectivity index is 2.29. The number of benzene rings is 1. The molecule has 0 fully saturated rings. The van der Waals surface area contributed by atoms with E-state index in [1.54, 1.807) is 6.07 Å². The number of rotatable bonds is 4. The third-order valence-corrected chi connectivity index (χ3v) is 3.29. The second kappa shape index (κ2) is 5.91. The summed E-state index contributed by atoms with van der Waals surface area (Å²) < 4.78 is 13.6. The van der Waals surface area contributed by atoms with Crippen molar-refractivity contribution in [2.75, 3.05) is 19.6 Å². The Morgan fingerprint density at radius 2 is 2.28 bits per heavy atom. The average Bonchev–Trinajstić information content (AvgIpc) is 2.39. The van der Waals surface area contributed by atoms with Crippen molar-refractivity contribution in [1.82, 2.24) is 4.90 Å². The number of aldehydes is 1. The van der Waals surface area contributed by atoms with Crippen LogP contribution in [0.15, 0.2) is 24.3 Å². The Hall–Kier alpha value is -1.48. The fourth-order valence-electron chi connectivity index (χ4n) is 2.44. The van der Waals surface area contributed by atoms with Crippen molar-refractivity contribution in [1.29, 1.82) is 0 Å². The van der Waals surface area contributed by atoms with Crippen LogP contribution < -0.4 is 0 Å². The molecule has 96 valence electrons. The van der Waals surface area contributed by atoms with E-state index < -0.39 is 5.82 Å². The van der Waals surface area contributed by atoms with Crippen LogP contribution in [0.25, 0.3) is 5.57 Å². The maximum atomic E-state index is 13.6. The van der Waals surface area contributed by atoms with E-state index in [0.717, 1.165) is 43.6 Å². The molecule has 0 N–H and O–H groups in total. The Labute approximate surface area is 107 Å². The van der Waals surface area contributed by atoms with Crippen LogP contribution in [0.3, 0.4) is 0 Å². The monoisotopic (exact) mass is 247 g/mol. The number of halogens is 1. The summed E-state index contributed by atoms with van der Waals surface area (Å²) in [5, 5.41) is 0. The maximum Gasteiger partial charge on any atom is 0.153 e. The van der Waals surface area contributed by atoms with Gasteiger partial charge in [0.25, 0.3) is 0 Å². The summed E-state index contributed by atoms with van der Waals surface area (Å²) in [4.78, 5) is 13.4. The predicted octanol–water partition coefficient (Wildman–Crippen LogP) is 3.14. The molecule has 2 rings (SSSR count). The second-order valence-electron chi connectivity index (χ2n) is 4.61. The van der Waals surface area contributed by atoms with Crippen molar-refractivity contribution in [2.24, 2.45) is 0 Å². The molecule has 18 heavy (non-hydrogen) atoms. The van der Waals surface area contributed by atoms with Gasteiger partial charge < -0.3 is 0 Å². The standard InChI is InChI=1S/C15H18FNO/c1-2-8-17-9-4-5-12(10-17)13-6-3-7-15(16)14(13)11-18/h3,5-7,11H,2,4,8-10H2,1H3. The normalized spacial score (nSPS) is 16.4. The molecule has 0 radical (unpaired) electrons. The summed E-state index contributed by atoms with van der Waals surface area (Å²) in [6, 6.07) is 4.83. The second-order valence-corrected chi connectivity index (χ2v) is 4.61. The van der Waals surface area contributed by atoms with Crippen LogP contribution >= 0.6 is 0 Å². The minimum absolute atomic E-state index is 0.182. The lowest BCUT2D eigenvalue weighted by Crippen LogP contribution is -2.30. The SMILES string of the molecule is CCCN1CCC=C(c2cccc(F)c2C=O)C1. The summed E-state index contributed by atoms with van der Waals surface area (Å²) in [5.41, 5.74) is 1.99. The number of nitrogens with zero attached hydrogens (tertiary/aromatic N) is 1. The molecule has 0 atom stereocenters. The molecule has 0 saturated carbocycles. The summed E-state index contributed by atoms with van der Waals surface area (Å²) in [7, 11) is 0. The van der Waals surface area contributed by atoms with E-state index in [1.807, 2.05) is 6.07 Å². The maximum absolute atomic E-state index is 13.6. The van der Waals surface area contributed by atoms with Crippen molar-refractivity contribution < 1.29 is 9.18 Å². The zero-order valence-corrected chi connectivity index (χ0v) is 10.7. The molecule has 0 bridgehead atoms. The fourth-order valence-corrected chi connectivity index (χ4v) is 2.44. The Bertz CT molecular complexity index is 468. The molecule has 1 heterocycles. The van der Waals surface area contributed by atoms with Crippen molar-refractivity contribution in [3.8, 4) is 0 Å². The molecule has 1 aliphatic rings. The highest BCUT2D eigenvalue weighted by atomic mass is 19.1. The first-order valence-corrected chi connectivity index (χ1v) is 6.41. The minimum Gasteiger partial charge on any atom is -0.299 e. The lowest BCUT2D eigenvalue weighted by molar-refractivity contribution is 0.111. The summed E-state index contributed by atoms with van der Waals surface area (Å²) >= 11 is 0. The molecule has 0 saturated heterocycles. The Kier molecular flexibility index (Phi) is 4.26. The first-order valence-electron chi connectivity index (χ1n) is 6.41. The number of carbonyl (C=O) groups is 1. The number of hydrogen-bond acceptors (Lipinski definition) is 2. The third kappa shape index (κ3) is 2.67. The van der Waals surface area contributed by atoms with Crippen LogP contribution in [0.5, 0.6) is 0 Å². The van der Waals surface area contributed by atoms with Crippen molar-refractivity contribution in [3.05, 3.63) is 41.2 Å². The van der Waals surface area contributed by atoms with Crippen LogP contribution in [-0.4, -0.2) is 30.8 Å². The zero-order chi connectivity index (χ0) is 13.0. The van der Waals surface area contributed by atoms with Crippen LogP contribution in [0.1, 0.15) is 35.7 Å². The van der Waals surface area contributed by atoms with Crippen LogP contribution in [-0.2, 0) is 0 Å². The van der Waals surface area contributed by atoms with Gasteiger partial charge in [0, 0.05) is 13.1 Å². The van der Waals surface area contributed by atoms with Crippen molar-refractivity contribution >= 4 is 11.9 Å². The van der Waals surface area contributed by atoms with Gasteiger partial charge in [-0.1, -0.05) is 25.1 Å². The van der Waals surface area contributed by atoms with E-state index in [1.165, 1.54) is 6.07 Å². The van der Waals surface area contributed by atoms with Gasteiger partial charge in [0.15, 0.2) is 6.29 Å². The third-order valence-electron chi connectivity index (χ3n) is 3.29. The Morgan fingerprint density at radius 1 is 1.44 bits per heavy atom. The van der Waals surface area contributed by atoms with E-state index in [9.17, 15) is 9.18 Å². The highest BCUT2D eigenvalue weighted by Crippen LogP contribution is 2.24. The van der Waals surface area contributed by atoms with Crippen LogP contribution in [0.2, 0.25) is 0 Å². The number of carbonyl (C=O) groups excluding carboxylic acids is 1. The molecule has 0 aromatic heterocycles. The lowest BCUT2D eigenvalue weighted by atomic mass is 9.96. The van der Waals surface area contributed by atoms with Crippen molar-refractivity contribution in [2.45, 2.75) is 19.8 Å². The van der Waals surface area contributed by atoms with Gasteiger partial charge in [0.05, 0.1) is 5.56 Å². The molecule has 3 heteroatoms. The van der Waals surface area contributed by atoms with Crippen LogP contribution in [0.4, 0.5) is 4.39 Å². The molecular weight excluding hydrogens is 229 g/mol. The van der Waals surface area contributed by atoms with Gasteiger partial charge in [-0.15, -0.1) is 0 Å². The highest BCUT2D eigenvalue weighted by Gasteiger charge is 2.17. The van der Waals surface area contributed by atoms with Crippen molar-refractivity contribution in [3.63, 3.8) is 0 Å². The Morgan fingerprint density at radius 3 is 3.00 bits per heavy atom. The van der Waals surface area contributed by atoms with Gasteiger partial charge in [-0.05, 0) is 36.6 Å². The van der Waals surface area contributed by atoms with Crippen LogP contribution in [0, 0.1) is 5.82 Å². The van der Waals surface area contributed by atoms with E-state index >= 15 is 0 Å². The summed E-state index contributed by atoms with van der Waals surface area (Å²) in [6.45, 7) is 5.04. The first kappa shape index (κ1) is 13.0. The van der Waals surface area contributed by atoms with E-state index in [2.05, 4.69) is 17.9 Å². The molecule has 0 amide bonds. The molecule has 1 aromatic carbocycles. The number of hydrogen-bond donors (Lipinski definition) is 0. The lowest BCUT2D eigenvalue weighted by Gasteiger charge is -2.27. The quantitative estimate of drug-likeness (QED) is 0.762. The molecule has 0 spiro atoms. The highest BCUT2D eigenvalue weighted by molar-refractivity contribution is 5.86. The van der Waals surface area contributed by atoms with Gasteiger partial charge in [-0.2, -0.15) is 0 Å². The molecule has 1 aliphatic heterocycles. The molecule has 2 nitrogen and oxygen atoms in total. The molecule has 1 aromatic rings. The summed E-state index contributed by atoms with van der Waals surface area (Å²) in [6.07, 6.45) is 4.80. The molecule has 0 unspecified atom stereocenters. The topological polar surface area (TPSA) is 20.3 Å². The average molecular weight is 247 g/mol. The summed E-state index contributed by atoms with van der Waals surface area (Å²) in [5.74, 6) is -0.434.